The van der Waals surface area contributed by atoms with Gasteiger partial charge in [-0.25, -0.2) is 0 Å². The average molecular weight is 235 g/mol. The van der Waals surface area contributed by atoms with Crippen LogP contribution in [-0.2, 0) is 12.5 Å². The van der Waals surface area contributed by atoms with Crippen LogP contribution in [0.3, 0.4) is 0 Å². The van der Waals surface area contributed by atoms with E-state index in [4.69, 9.17) is 10.8 Å². The first kappa shape index (κ1) is 10.3. The van der Waals surface area contributed by atoms with E-state index in [1.165, 1.54) is 40.1 Å². The quantitative estimate of drug-likeness (QED) is 0.868. The van der Waals surface area contributed by atoms with Crippen LogP contribution in [-0.4, -0.2) is 16.3 Å². The third kappa shape index (κ3) is 1.20. The molecule has 1 aliphatic carbocycles. The van der Waals surface area contributed by atoms with Crippen LogP contribution in [0.15, 0.2) is 6.07 Å². The van der Waals surface area contributed by atoms with E-state index in [0.29, 0.717) is 0 Å². The molecule has 16 heavy (non-hydrogen) atoms. The van der Waals surface area contributed by atoms with E-state index in [1.807, 2.05) is 23.1 Å². The number of nitrogens with zero attached hydrogens (tertiary/aromatic N) is 2. The van der Waals surface area contributed by atoms with E-state index in [2.05, 4.69) is 13.0 Å². The standard InChI is InChI=1S/C12H17N3S/c1-8-6-9-10(16-8)11(14-15(9)2)12(7-13)4-3-5-12/h6H,3-5,7,13H2,1-2H3. The summed E-state index contributed by atoms with van der Waals surface area (Å²) in [6.07, 6.45) is 3.69. The first-order valence-corrected chi connectivity index (χ1v) is 6.62. The van der Waals surface area contributed by atoms with Gasteiger partial charge in [0.05, 0.1) is 15.9 Å². The molecule has 0 spiro atoms. The average Bonchev–Trinajstić information content (AvgIpc) is 2.68. The molecule has 4 heteroatoms. The first-order valence-electron chi connectivity index (χ1n) is 5.80. The van der Waals surface area contributed by atoms with Gasteiger partial charge in [0.25, 0.3) is 0 Å². The second-order valence-electron chi connectivity index (χ2n) is 4.88. The van der Waals surface area contributed by atoms with Crippen LogP contribution >= 0.6 is 11.3 Å². The monoisotopic (exact) mass is 235 g/mol. The number of hydrogen-bond acceptors (Lipinski definition) is 3. The summed E-state index contributed by atoms with van der Waals surface area (Å²) in [5.41, 5.74) is 8.65. The van der Waals surface area contributed by atoms with Gasteiger partial charge in [-0.2, -0.15) is 5.10 Å². The number of thiophene rings is 1. The minimum atomic E-state index is 0.177. The molecule has 0 unspecified atom stereocenters. The molecule has 2 N–H and O–H groups in total. The molecule has 0 atom stereocenters. The van der Waals surface area contributed by atoms with Gasteiger partial charge >= 0.3 is 0 Å². The molecule has 0 saturated heterocycles. The normalized spacial score (nSPS) is 18.9. The zero-order valence-corrected chi connectivity index (χ0v) is 10.6. The van der Waals surface area contributed by atoms with Gasteiger partial charge in [-0.15, -0.1) is 11.3 Å². The van der Waals surface area contributed by atoms with E-state index >= 15 is 0 Å². The van der Waals surface area contributed by atoms with Gasteiger partial charge in [0, 0.05) is 23.9 Å². The van der Waals surface area contributed by atoms with E-state index in [9.17, 15) is 0 Å². The fourth-order valence-electron chi connectivity index (χ4n) is 2.65. The topological polar surface area (TPSA) is 43.8 Å². The minimum Gasteiger partial charge on any atom is -0.330 e. The van der Waals surface area contributed by atoms with Crippen molar-refractivity contribution < 1.29 is 0 Å². The van der Waals surface area contributed by atoms with Crippen molar-refractivity contribution in [3.8, 4) is 0 Å². The van der Waals surface area contributed by atoms with Gasteiger partial charge in [-0.1, -0.05) is 6.42 Å². The predicted molar refractivity (Wildman–Crippen MR) is 67.9 cm³/mol. The van der Waals surface area contributed by atoms with Crippen molar-refractivity contribution in [2.75, 3.05) is 6.54 Å². The number of nitrogens with two attached hydrogens (primary N) is 1. The molecule has 2 aromatic rings. The number of hydrogen-bond donors (Lipinski definition) is 1. The minimum absolute atomic E-state index is 0.177. The molecule has 0 bridgehead atoms. The maximum Gasteiger partial charge on any atom is 0.0877 e. The van der Waals surface area contributed by atoms with Gasteiger partial charge in [0.2, 0.25) is 0 Å². The molecule has 86 valence electrons. The molecular formula is C12H17N3S. The summed E-state index contributed by atoms with van der Waals surface area (Å²) in [6.45, 7) is 2.89. The van der Waals surface area contributed by atoms with Crippen molar-refractivity contribution in [1.29, 1.82) is 0 Å². The summed E-state index contributed by atoms with van der Waals surface area (Å²) in [6, 6.07) is 2.22. The fraction of sp³-hybridized carbons (Fsp3) is 0.583. The van der Waals surface area contributed by atoms with Crippen LogP contribution in [0.4, 0.5) is 0 Å². The Bertz CT molecular complexity index is 528. The highest BCUT2D eigenvalue weighted by molar-refractivity contribution is 7.19. The van der Waals surface area contributed by atoms with Gasteiger partial charge in [0.15, 0.2) is 0 Å². The van der Waals surface area contributed by atoms with E-state index < -0.39 is 0 Å². The molecular weight excluding hydrogens is 218 g/mol. The summed E-state index contributed by atoms with van der Waals surface area (Å²) >= 11 is 1.85. The van der Waals surface area contributed by atoms with Crippen LogP contribution in [0.5, 0.6) is 0 Å². The van der Waals surface area contributed by atoms with Gasteiger partial charge < -0.3 is 5.73 Å². The SMILES string of the molecule is Cc1cc2c(s1)c(C1(CN)CCC1)nn2C. The molecule has 2 heterocycles. The number of rotatable bonds is 2. The Hall–Kier alpha value is -0.870. The molecule has 3 rings (SSSR count). The Morgan fingerprint density at radius 3 is 2.88 bits per heavy atom. The van der Waals surface area contributed by atoms with Crippen molar-refractivity contribution in [2.24, 2.45) is 12.8 Å². The zero-order valence-electron chi connectivity index (χ0n) is 9.79. The third-order valence-electron chi connectivity index (χ3n) is 3.85. The third-order valence-corrected chi connectivity index (χ3v) is 4.90. The van der Waals surface area contributed by atoms with E-state index in [-0.39, 0.29) is 5.41 Å². The van der Waals surface area contributed by atoms with Crippen molar-refractivity contribution in [3.05, 3.63) is 16.6 Å². The highest BCUT2D eigenvalue weighted by Gasteiger charge is 2.41. The van der Waals surface area contributed by atoms with Crippen LogP contribution < -0.4 is 5.73 Å². The van der Waals surface area contributed by atoms with Crippen LogP contribution in [0, 0.1) is 6.92 Å². The molecule has 0 amide bonds. The second-order valence-corrected chi connectivity index (χ2v) is 6.14. The summed E-state index contributed by atoms with van der Waals surface area (Å²) in [5, 5.41) is 4.70. The van der Waals surface area contributed by atoms with Crippen molar-refractivity contribution >= 4 is 21.6 Å². The Balaban J connectivity index is 2.22. The lowest BCUT2D eigenvalue weighted by Gasteiger charge is -2.39. The Labute approximate surface area is 99.2 Å². The fourth-order valence-corrected chi connectivity index (χ4v) is 3.79. The highest BCUT2D eigenvalue weighted by atomic mass is 32.1. The van der Waals surface area contributed by atoms with Crippen molar-refractivity contribution in [1.82, 2.24) is 9.78 Å². The van der Waals surface area contributed by atoms with Gasteiger partial charge in [-0.3, -0.25) is 4.68 Å². The summed E-state index contributed by atoms with van der Waals surface area (Å²) < 4.78 is 3.36. The zero-order chi connectivity index (χ0) is 11.3. The van der Waals surface area contributed by atoms with E-state index in [0.717, 1.165) is 6.54 Å². The molecule has 1 fully saturated rings. The van der Waals surface area contributed by atoms with Crippen LogP contribution in [0.1, 0.15) is 29.8 Å². The summed E-state index contributed by atoms with van der Waals surface area (Å²) in [5.74, 6) is 0. The van der Waals surface area contributed by atoms with Gasteiger partial charge in [-0.05, 0) is 25.8 Å². The van der Waals surface area contributed by atoms with Crippen molar-refractivity contribution in [2.45, 2.75) is 31.6 Å². The Kier molecular flexibility index (Phi) is 2.13. The maximum atomic E-state index is 5.96. The molecule has 1 saturated carbocycles. The number of aromatic nitrogens is 2. The van der Waals surface area contributed by atoms with Crippen molar-refractivity contribution in [3.63, 3.8) is 0 Å². The first-order chi connectivity index (χ1) is 7.66. The van der Waals surface area contributed by atoms with E-state index in [1.54, 1.807) is 0 Å². The second kappa shape index (κ2) is 3.31. The lowest BCUT2D eigenvalue weighted by molar-refractivity contribution is 0.246. The molecule has 0 aromatic carbocycles. The molecule has 2 aromatic heterocycles. The Morgan fingerprint density at radius 2 is 2.31 bits per heavy atom. The Morgan fingerprint density at radius 1 is 1.56 bits per heavy atom. The number of aryl methyl sites for hydroxylation is 2. The smallest absolute Gasteiger partial charge is 0.0877 e. The van der Waals surface area contributed by atoms with Crippen LogP contribution in [0.25, 0.3) is 10.2 Å². The largest absolute Gasteiger partial charge is 0.330 e. The summed E-state index contributed by atoms with van der Waals surface area (Å²) in [4.78, 5) is 1.36. The lowest BCUT2D eigenvalue weighted by Crippen LogP contribution is -2.42. The highest BCUT2D eigenvalue weighted by Crippen LogP contribution is 2.46. The number of fused-ring (bicyclic) bond motifs is 1. The lowest BCUT2D eigenvalue weighted by atomic mass is 9.66. The molecule has 1 aliphatic rings. The molecule has 0 aliphatic heterocycles. The van der Waals surface area contributed by atoms with Crippen LogP contribution in [0.2, 0.25) is 0 Å². The summed E-state index contributed by atoms with van der Waals surface area (Å²) in [7, 11) is 2.03. The maximum absolute atomic E-state index is 5.96. The molecule has 3 nitrogen and oxygen atoms in total. The predicted octanol–water partition coefficient (Wildman–Crippen LogP) is 2.32. The molecule has 0 radical (unpaired) electrons. The van der Waals surface area contributed by atoms with Gasteiger partial charge in [0.1, 0.15) is 0 Å².